The molecule has 8 heteroatoms. The first kappa shape index (κ1) is 18.4. The first-order valence-electron chi connectivity index (χ1n) is 8.71. The lowest BCUT2D eigenvalue weighted by atomic mass is 10.2. The minimum absolute atomic E-state index is 0.00876. The Balaban J connectivity index is 1.52. The van der Waals surface area contributed by atoms with Crippen LogP contribution in [0.15, 0.2) is 60.7 Å². The molecule has 1 aromatic heterocycles. The largest absolute Gasteiger partial charge is 0.489 e. The number of nitrogens with one attached hydrogen (secondary N) is 2. The van der Waals surface area contributed by atoms with E-state index in [9.17, 15) is 13.6 Å². The summed E-state index contributed by atoms with van der Waals surface area (Å²) in [5.74, 6) is -0.862. The Morgan fingerprint density at radius 1 is 1.03 bits per heavy atom. The summed E-state index contributed by atoms with van der Waals surface area (Å²) in [5.41, 5.74) is 7.70. The number of hydrogen-bond donors (Lipinski definition) is 3. The fourth-order valence-electron chi connectivity index (χ4n) is 2.85. The molecule has 0 aliphatic rings. The van der Waals surface area contributed by atoms with Gasteiger partial charge in [0.1, 0.15) is 24.0 Å². The van der Waals surface area contributed by atoms with Crippen molar-refractivity contribution in [2.45, 2.75) is 6.61 Å². The van der Waals surface area contributed by atoms with Crippen LogP contribution < -0.4 is 15.8 Å². The van der Waals surface area contributed by atoms with E-state index in [1.54, 1.807) is 42.5 Å². The standard InChI is InChI=1S/C21H16F2N4O2/c22-14-7-12(8-15(23)9-14)11-29-17-5-6-19-18(10-17)20(27-26-19)25-21(28)13-1-3-16(24)4-2-13/h1-10H,11,24H2,(H2,25,26,27,28). The summed E-state index contributed by atoms with van der Waals surface area (Å²) in [6.45, 7) is -0.00876. The van der Waals surface area contributed by atoms with Gasteiger partial charge in [-0.1, -0.05) is 0 Å². The molecular formula is C21H16F2N4O2. The van der Waals surface area contributed by atoms with Gasteiger partial charge in [0.05, 0.1) is 5.52 Å². The molecule has 3 aromatic carbocycles. The third-order valence-corrected chi connectivity index (χ3v) is 4.27. The number of H-pyrrole nitrogens is 1. The van der Waals surface area contributed by atoms with Crippen LogP contribution in [0.5, 0.6) is 5.75 Å². The van der Waals surface area contributed by atoms with E-state index >= 15 is 0 Å². The molecule has 0 bridgehead atoms. The van der Waals surface area contributed by atoms with Gasteiger partial charge in [0.15, 0.2) is 5.82 Å². The number of hydrogen-bond acceptors (Lipinski definition) is 4. The van der Waals surface area contributed by atoms with Gasteiger partial charge in [0.25, 0.3) is 5.91 Å². The molecule has 4 rings (SSSR count). The van der Waals surface area contributed by atoms with Gasteiger partial charge in [0.2, 0.25) is 0 Å². The Labute approximate surface area is 164 Å². The molecule has 4 N–H and O–H groups in total. The molecule has 0 aliphatic carbocycles. The molecule has 4 aromatic rings. The summed E-state index contributed by atoms with van der Waals surface area (Å²) in [4.78, 5) is 12.4. The Morgan fingerprint density at radius 3 is 2.48 bits per heavy atom. The minimum Gasteiger partial charge on any atom is -0.489 e. The highest BCUT2D eigenvalue weighted by Gasteiger charge is 2.12. The van der Waals surface area contributed by atoms with Crippen molar-refractivity contribution in [3.63, 3.8) is 0 Å². The number of amides is 1. The van der Waals surface area contributed by atoms with Crippen molar-refractivity contribution in [1.82, 2.24) is 10.2 Å². The second-order valence-electron chi connectivity index (χ2n) is 6.42. The molecule has 6 nitrogen and oxygen atoms in total. The maximum absolute atomic E-state index is 13.3. The van der Waals surface area contributed by atoms with Crippen molar-refractivity contribution in [2.75, 3.05) is 11.1 Å². The number of fused-ring (bicyclic) bond motifs is 1. The van der Waals surface area contributed by atoms with Gasteiger partial charge in [-0.05, 0) is 60.2 Å². The number of benzene rings is 3. The van der Waals surface area contributed by atoms with Crippen LogP contribution in [-0.4, -0.2) is 16.1 Å². The number of carbonyl (C=O) groups is 1. The van der Waals surface area contributed by atoms with Gasteiger partial charge in [-0.25, -0.2) is 8.78 Å². The lowest BCUT2D eigenvalue weighted by molar-refractivity contribution is 0.102. The lowest BCUT2D eigenvalue weighted by Crippen LogP contribution is -2.12. The average Bonchev–Trinajstić information content (AvgIpc) is 3.08. The molecule has 0 radical (unpaired) electrons. The zero-order chi connectivity index (χ0) is 20.4. The predicted octanol–water partition coefficient (Wildman–Crippen LogP) is 4.25. The predicted molar refractivity (Wildman–Crippen MR) is 106 cm³/mol. The topological polar surface area (TPSA) is 93.0 Å². The maximum Gasteiger partial charge on any atom is 0.256 e. The second-order valence-corrected chi connectivity index (χ2v) is 6.42. The molecular weight excluding hydrogens is 378 g/mol. The molecule has 0 spiro atoms. The molecule has 0 saturated heterocycles. The first-order valence-corrected chi connectivity index (χ1v) is 8.71. The van der Waals surface area contributed by atoms with E-state index in [4.69, 9.17) is 10.5 Å². The molecule has 1 amide bonds. The smallest absolute Gasteiger partial charge is 0.256 e. The quantitative estimate of drug-likeness (QED) is 0.441. The Hall–Kier alpha value is -3.94. The van der Waals surface area contributed by atoms with Crippen molar-refractivity contribution >= 4 is 28.3 Å². The summed E-state index contributed by atoms with van der Waals surface area (Å²) in [6, 6.07) is 14.8. The Morgan fingerprint density at radius 2 is 1.76 bits per heavy atom. The normalized spacial score (nSPS) is 10.8. The SMILES string of the molecule is Nc1ccc(C(=O)Nc2n[nH]c3ccc(OCc4cc(F)cc(F)c4)cc23)cc1. The molecule has 1 heterocycles. The lowest BCUT2D eigenvalue weighted by Gasteiger charge is -2.08. The second kappa shape index (κ2) is 7.59. The average molecular weight is 394 g/mol. The molecule has 29 heavy (non-hydrogen) atoms. The van der Waals surface area contributed by atoms with Crippen molar-refractivity contribution in [3.05, 3.63) is 83.4 Å². The van der Waals surface area contributed by atoms with E-state index < -0.39 is 11.6 Å². The number of halogens is 2. The van der Waals surface area contributed by atoms with E-state index in [1.807, 2.05) is 0 Å². The number of ether oxygens (including phenoxy) is 1. The molecule has 0 aliphatic heterocycles. The first-order chi connectivity index (χ1) is 14.0. The fraction of sp³-hybridized carbons (Fsp3) is 0.0476. The van der Waals surface area contributed by atoms with Crippen LogP contribution in [0.2, 0.25) is 0 Å². The van der Waals surface area contributed by atoms with Crippen LogP contribution in [-0.2, 0) is 6.61 Å². The Kier molecular flexibility index (Phi) is 4.82. The summed E-state index contributed by atoms with van der Waals surface area (Å²) < 4.78 is 32.2. The molecule has 0 saturated carbocycles. The van der Waals surface area contributed by atoms with Crippen LogP contribution in [0.1, 0.15) is 15.9 Å². The van der Waals surface area contributed by atoms with Crippen LogP contribution in [0.3, 0.4) is 0 Å². The third-order valence-electron chi connectivity index (χ3n) is 4.27. The van der Waals surface area contributed by atoms with E-state index in [0.717, 1.165) is 6.07 Å². The maximum atomic E-state index is 13.3. The molecule has 0 fully saturated rings. The van der Waals surface area contributed by atoms with Crippen LogP contribution in [0.4, 0.5) is 20.3 Å². The fourth-order valence-corrected chi connectivity index (χ4v) is 2.85. The summed E-state index contributed by atoms with van der Waals surface area (Å²) in [5, 5.41) is 10.3. The summed E-state index contributed by atoms with van der Waals surface area (Å²) in [7, 11) is 0. The molecule has 0 atom stereocenters. The summed E-state index contributed by atoms with van der Waals surface area (Å²) >= 11 is 0. The zero-order valence-corrected chi connectivity index (χ0v) is 15.1. The monoisotopic (exact) mass is 394 g/mol. The minimum atomic E-state index is -0.665. The molecule has 146 valence electrons. The number of aromatic nitrogens is 2. The van der Waals surface area contributed by atoms with Crippen molar-refractivity contribution < 1.29 is 18.3 Å². The van der Waals surface area contributed by atoms with Gasteiger partial charge in [-0.15, -0.1) is 0 Å². The third kappa shape index (κ3) is 4.16. The molecule has 0 unspecified atom stereocenters. The van der Waals surface area contributed by atoms with Crippen molar-refractivity contribution in [3.8, 4) is 5.75 Å². The van der Waals surface area contributed by atoms with Crippen LogP contribution in [0, 0.1) is 11.6 Å². The van der Waals surface area contributed by atoms with Gasteiger partial charge in [-0.2, -0.15) is 5.10 Å². The van der Waals surface area contributed by atoms with E-state index in [0.29, 0.717) is 39.3 Å². The number of aromatic amines is 1. The number of anilines is 2. The zero-order valence-electron chi connectivity index (χ0n) is 15.1. The number of carbonyl (C=O) groups excluding carboxylic acids is 1. The summed E-state index contributed by atoms with van der Waals surface area (Å²) in [6.07, 6.45) is 0. The van der Waals surface area contributed by atoms with Crippen molar-refractivity contribution in [1.29, 1.82) is 0 Å². The number of nitrogens with two attached hydrogens (primary N) is 1. The van der Waals surface area contributed by atoms with E-state index in [2.05, 4.69) is 15.5 Å². The van der Waals surface area contributed by atoms with Gasteiger partial charge in [-0.3, -0.25) is 9.89 Å². The number of rotatable bonds is 5. The van der Waals surface area contributed by atoms with E-state index in [-0.39, 0.29) is 12.5 Å². The van der Waals surface area contributed by atoms with Crippen LogP contribution in [0.25, 0.3) is 10.9 Å². The Bertz CT molecular complexity index is 1170. The highest BCUT2D eigenvalue weighted by atomic mass is 19.1. The van der Waals surface area contributed by atoms with E-state index in [1.165, 1.54) is 12.1 Å². The van der Waals surface area contributed by atoms with Gasteiger partial charge < -0.3 is 15.8 Å². The van der Waals surface area contributed by atoms with Gasteiger partial charge >= 0.3 is 0 Å². The number of nitrogen functional groups attached to an aromatic ring is 1. The highest BCUT2D eigenvalue weighted by Crippen LogP contribution is 2.26. The highest BCUT2D eigenvalue weighted by molar-refractivity contribution is 6.08. The number of nitrogens with zero attached hydrogens (tertiary/aromatic N) is 1. The van der Waals surface area contributed by atoms with Gasteiger partial charge in [0, 0.05) is 22.7 Å². The van der Waals surface area contributed by atoms with Crippen LogP contribution >= 0.6 is 0 Å². The van der Waals surface area contributed by atoms with Crippen molar-refractivity contribution in [2.24, 2.45) is 0 Å².